The molecule has 0 aliphatic carbocycles. The highest BCUT2D eigenvalue weighted by Crippen LogP contribution is 2.34. The first kappa shape index (κ1) is 15.9. The van der Waals surface area contributed by atoms with Gasteiger partial charge in [-0.25, -0.2) is 4.79 Å². The third-order valence-corrected chi connectivity index (χ3v) is 4.65. The molecule has 1 amide bonds. The Hall–Kier alpha value is -2.93. The number of fused-ring (bicyclic) bond motifs is 1. The topological polar surface area (TPSA) is 103 Å². The zero-order chi connectivity index (χ0) is 17.3. The number of carbonyl (C=O) groups excluding carboxylic acids is 1. The zero-order valence-electron chi connectivity index (χ0n) is 12.8. The minimum absolute atomic E-state index is 0.257. The van der Waals surface area contributed by atoms with Gasteiger partial charge in [-0.2, -0.15) is 0 Å². The maximum absolute atomic E-state index is 11.3. The molecule has 0 bridgehead atoms. The predicted octanol–water partition coefficient (Wildman–Crippen LogP) is 3.45. The van der Waals surface area contributed by atoms with Gasteiger partial charge in [-0.1, -0.05) is 6.92 Å². The molecule has 0 radical (unpaired) electrons. The number of primary amides is 1. The molecule has 1 aromatic carbocycles. The van der Waals surface area contributed by atoms with Crippen molar-refractivity contribution in [2.24, 2.45) is 5.73 Å². The van der Waals surface area contributed by atoms with Crippen molar-refractivity contribution in [2.75, 3.05) is 0 Å². The molecule has 2 aromatic heterocycles. The van der Waals surface area contributed by atoms with Crippen molar-refractivity contribution in [3.8, 4) is 11.5 Å². The van der Waals surface area contributed by atoms with E-state index in [0.29, 0.717) is 28.4 Å². The van der Waals surface area contributed by atoms with Crippen LogP contribution in [0.5, 0.6) is 11.5 Å². The summed E-state index contributed by atoms with van der Waals surface area (Å²) in [6.45, 7) is 1.88. The summed E-state index contributed by atoms with van der Waals surface area (Å²) in [5.41, 5.74) is 6.26. The summed E-state index contributed by atoms with van der Waals surface area (Å²) in [7, 11) is 0. The van der Waals surface area contributed by atoms with Crippen molar-refractivity contribution in [3.05, 3.63) is 52.7 Å². The second kappa shape index (κ2) is 6.29. The number of nitrogens with zero attached hydrogens (tertiary/aromatic N) is 1. The molecule has 0 atom stereocenters. The smallest absolute Gasteiger partial charge is 0.335 e. The van der Waals surface area contributed by atoms with Gasteiger partial charge >= 0.3 is 5.97 Å². The Balaban J connectivity index is 2.01. The number of ether oxygens (including phenoxy) is 1. The number of thiophene rings is 1. The Morgan fingerprint density at radius 2 is 2.08 bits per heavy atom. The van der Waals surface area contributed by atoms with Crippen LogP contribution in [0.1, 0.15) is 32.5 Å². The molecule has 3 N–H and O–H groups in total. The van der Waals surface area contributed by atoms with Gasteiger partial charge in [-0.05, 0) is 36.2 Å². The van der Waals surface area contributed by atoms with Crippen LogP contribution in [-0.4, -0.2) is 22.0 Å². The Morgan fingerprint density at radius 3 is 2.75 bits per heavy atom. The van der Waals surface area contributed by atoms with Crippen molar-refractivity contribution in [2.45, 2.75) is 13.3 Å². The normalized spacial score (nSPS) is 10.7. The molecule has 3 rings (SSSR count). The van der Waals surface area contributed by atoms with Gasteiger partial charge in [-0.15, -0.1) is 11.3 Å². The maximum Gasteiger partial charge on any atom is 0.335 e. The Bertz CT molecular complexity index is 949. The number of pyridine rings is 1. The van der Waals surface area contributed by atoms with E-state index in [1.807, 2.05) is 6.92 Å². The number of carboxylic acid groups (broad SMARTS) is 1. The van der Waals surface area contributed by atoms with Crippen molar-refractivity contribution in [3.63, 3.8) is 0 Å². The molecular formula is C17H14N2O4S. The van der Waals surface area contributed by atoms with E-state index >= 15 is 0 Å². The van der Waals surface area contributed by atoms with Crippen LogP contribution in [-0.2, 0) is 6.42 Å². The molecule has 24 heavy (non-hydrogen) atoms. The number of nitrogens with two attached hydrogens (primary N) is 1. The first-order valence-electron chi connectivity index (χ1n) is 7.21. The van der Waals surface area contributed by atoms with E-state index in [1.54, 1.807) is 30.6 Å². The Kier molecular flexibility index (Phi) is 4.18. The highest BCUT2D eigenvalue weighted by atomic mass is 32.1. The van der Waals surface area contributed by atoms with E-state index in [2.05, 4.69) is 4.98 Å². The van der Waals surface area contributed by atoms with Crippen LogP contribution in [0.25, 0.3) is 10.1 Å². The van der Waals surface area contributed by atoms with E-state index in [1.165, 1.54) is 17.4 Å². The first-order chi connectivity index (χ1) is 11.5. The Labute approximate surface area is 141 Å². The molecular weight excluding hydrogens is 328 g/mol. The van der Waals surface area contributed by atoms with E-state index < -0.39 is 11.9 Å². The minimum Gasteiger partial charge on any atom is -0.478 e. The average Bonchev–Trinajstić information content (AvgIpc) is 3.00. The largest absolute Gasteiger partial charge is 0.478 e. The third kappa shape index (κ3) is 2.93. The fourth-order valence-electron chi connectivity index (χ4n) is 2.40. The fourth-order valence-corrected chi connectivity index (χ4v) is 3.30. The zero-order valence-corrected chi connectivity index (χ0v) is 13.6. The van der Waals surface area contributed by atoms with Gasteiger partial charge in [0.1, 0.15) is 5.75 Å². The molecule has 3 aromatic rings. The summed E-state index contributed by atoms with van der Waals surface area (Å²) in [6, 6.07) is 6.49. The molecule has 0 saturated heterocycles. The fraction of sp³-hybridized carbons (Fsp3) is 0.118. The van der Waals surface area contributed by atoms with Crippen LogP contribution in [0.15, 0.2) is 36.7 Å². The predicted molar refractivity (Wildman–Crippen MR) is 91.0 cm³/mol. The van der Waals surface area contributed by atoms with Gasteiger partial charge in [0.15, 0.2) is 5.75 Å². The summed E-state index contributed by atoms with van der Waals surface area (Å²) >= 11 is 1.25. The number of aryl methyl sites for hydroxylation is 1. The number of hydrogen-bond donors (Lipinski definition) is 2. The van der Waals surface area contributed by atoms with E-state index in [-0.39, 0.29) is 5.56 Å². The van der Waals surface area contributed by atoms with Crippen molar-refractivity contribution in [1.29, 1.82) is 0 Å². The molecule has 6 nitrogen and oxygen atoms in total. The van der Waals surface area contributed by atoms with Gasteiger partial charge in [-0.3, -0.25) is 9.78 Å². The number of hydrogen-bond acceptors (Lipinski definition) is 5. The van der Waals surface area contributed by atoms with Gasteiger partial charge < -0.3 is 15.6 Å². The minimum atomic E-state index is -0.967. The lowest BCUT2D eigenvalue weighted by Gasteiger charge is -2.09. The number of rotatable bonds is 5. The Morgan fingerprint density at radius 1 is 1.29 bits per heavy atom. The molecule has 0 unspecified atom stereocenters. The number of amides is 1. The highest BCUT2D eigenvalue weighted by Gasteiger charge is 2.14. The lowest BCUT2D eigenvalue weighted by atomic mass is 10.1. The van der Waals surface area contributed by atoms with Gasteiger partial charge in [0.2, 0.25) is 0 Å². The SMILES string of the molecule is CCc1cc(Oc2cncc3sc(C(N)=O)cc23)ccc1C(=O)O. The van der Waals surface area contributed by atoms with Gasteiger partial charge in [0.25, 0.3) is 5.91 Å². The average molecular weight is 342 g/mol. The maximum atomic E-state index is 11.3. The van der Waals surface area contributed by atoms with Crippen molar-refractivity contribution in [1.82, 2.24) is 4.98 Å². The molecule has 0 saturated carbocycles. The molecule has 0 spiro atoms. The van der Waals surface area contributed by atoms with Crippen LogP contribution in [0.4, 0.5) is 0 Å². The number of aromatic carboxylic acids is 1. The van der Waals surface area contributed by atoms with E-state index in [4.69, 9.17) is 10.5 Å². The molecule has 0 fully saturated rings. The monoisotopic (exact) mass is 342 g/mol. The number of carbonyl (C=O) groups is 2. The summed E-state index contributed by atoms with van der Waals surface area (Å²) in [6.07, 6.45) is 3.77. The summed E-state index contributed by atoms with van der Waals surface area (Å²) in [4.78, 5) is 27.1. The van der Waals surface area contributed by atoms with E-state index in [9.17, 15) is 14.7 Å². The lowest BCUT2D eigenvalue weighted by molar-refractivity contribution is 0.0695. The number of aromatic nitrogens is 1. The first-order valence-corrected chi connectivity index (χ1v) is 8.02. The second-order valence-electron chi connectivity index (χ2n) is 5.10. The number of carboxylic acids is 1. The van der Waals surface area contributed by atoms with Crippen LogP contribution in [0.2, 0.25) is 0 Å². The molecule has 7 heteroatoms. The quantitative estimate of drug-likeness (QED) is 0.739. The third-order valence-electron chi connectivity index (χ3n) is 3.57. The van der Waals surface area contributed by atoms with Crippen LogP contribution >= 0.6 is 11.3 Å². The summed E-state index contributed by atoms with van der Waals surface area (Å²) in [5, 5.41) is 9.92. The summed E-state index contributed by atoms with van der Waals surface area (Å²) < 4.78 is 6.65. The van der Waals surface area contributed by atoms with Gasteiger partial charge in [0, 0.05) is 11.6 Å². The standard InChI is InChI=1S/C17H14N2O4S/c1-2-9-5-10(3-4-11(9)17(21)22)23-13-7-19-8-15-12(13)6-14(24-15)16(18)20/h3-8H,2H2,1H3,(H2,18,20)(H,21,22). The summed E-state index contributed by atoms with van der Waals surface area (Å²) in [5.74, 6) is -0.466. The molecule has 122 valence electrons. The number of benzene rings is 1. The van der Waals surface area contributed by atoms with Crippen LogP contribution in [0.3, 0.4) is 0 Å². The molecule has 0 aliphatic heterocycles. The molecule has 2 heterocycles. The van der Waals surface area contributed by atoms with Crippen LogP contribution < -0.4 is 10.5 Å². The molecule has 0 aliphatic rings. The second-order valence-corrected chi connectivity index (χ2v) is 6.19. The van der Waals surface area contributed by atoms with Crippen LogP contribution in [0, 0.1) is 0 Å². The van der Waals surface area contributed by atoms with E-state index in [0.717, 1.165) is 10.1 Å². The van der Waals surface area contributed by atoms with Crippen molar-refractivity contribution < 1.29 is 19.4 Å². The lowest BCUT2D eigenvalue weighted by Crippen LogP contribution is -2.08. The van der Waals surface area contributed by atoms with Gasteiger partial charge in [0.05, 0.1) is 21.3 Å². The van der Waals surface area contributed by atoms with Crippen molar-refractivity contribution >= 4 is 33.3 Å². The highest BCUT2D eigenvalue weighted by molar-refractivity contribution is 7.20.